The molecule has 1 aromatic heterocycles. The zero-order valence-electron chi connectivity index (χ0n) is 12.8. The third-order valence-corrected chi connectivity index (χ3v) is 4.49. The topological polar surface area (TPSA) is 30.2 Å². The summed E-state index contributed by atoms with van der Waals surface area (Å²) in [6, 6.07) is 13.9. The minimum Gasteiger partial charge on any atom is -0.431 e. The van der Waals surface area contributed by atoms with Crippen molar-refractivity contribution in [2.24, 2.45) is 0 Å². The Morgan fingerprint density at radius 1 is 1.00 bits per heavy atom. The number of aryl methyl sites for hydroxylation is 1. The second-order valence-corrected chi connectivity index (χ2v) is 6.04. The van der Waals surface area contributed by atoms with Crippen LogP contribution in [0, 0.1) is 12.7 Å². The van der Waals surface area contributed by atoms with Crippen molar-refractivity contribution in [3.8, 4) is 22.3 Å². The van der Waals surface area contributed by atoms with Gasteiger partial charge in [0.2, 0.25) is 0 Å². The van der Waals surface area contributed by atoms with Crippen molar-refractivity contribution in [3.05, 3.63) is 76.6 Å². The first-order valence-corrected chi connectivity index (χ1v) is 8.35. The molecule has 0 radical (unpaired) electrons. The molecule has 116 valence electrons. The van der Waals surface area contributed by atoms with E-state index in [4.69, 9.17) is 4.42 Å². The standard InChI is InChI=1S/C19H15FO2S/c1-12-9-18(23-2)17(13-5-3-6-14(20)10-13)11-16(12)15-7-4-8-22-19(15)21/h3-11H,1-2H3. The monoisotopic (exact) mass is 326 g/mol. The van der Waals surface area contributed by atoms with Gasteiger partial charge in [0.1, 0.15) is 5.82 Å². The first-order valence-electron chi connectivity index (χ1n) is 7.13. The van der Waals surface area contributed by atoms with Gasteiger partial charge in [0, 0.05) is 4.90 Å². The van der Waals surface area contributed by atoms with Crippen LogP contribution in [0.5, 0.6) is 0 Å². The van der Waals surface area contributed by atoms with Crippen LogP contribution in [0.2, 0.25) is 0 Å². The Kier molecular flexibility index (Phi) is 4.35. The molecule has 2 nitrogen and oxygen atoms in total. The van der Waals surface area contributed by atoms with E-state index in [1.165, 1.54) is 18.4 Å². The summed E-state index contributed by atoms with van der Waals surface area (Å²) in [6.07, 6.45) is 3.35. The third-order valence-electron chi connectivity index (χ3n) is 3.71. The molecule has 1 heterocycles. The highest BCUT2D eigenvalue weighted by Gasteiger charge is 2.13. The van der Waals surface area contributed by atoms with Crippen LogP contribution in [-0.2, 0) is 0 Å². The molecule has 4 heteroatoms. The molecule has 0 fully saturated rings. The van der Waals surface area contributed by atoms with Crippen LogP contribution in [0.25, 0.3) is 22.3 Å². The predicted molar refractivity (Wildman–Crippen MR) is 92.3 cm³/mol. The van der Waals surface area contributed by atoms with Gasteiger partial charge in [-0.15, -0.1) is 11.8 Å². The SMILES string of the molecule is CSc1cc(C)c(-c2cccoc2=O)cc1-c1cccc(F)c1. The summed E-state index contributed by atoms with van der Waals surface area (Å²) in [4.78, 5) is 13.0. The molecule has 23 heavy (non-hydrogen) atoms. The molecule has 0 atom stereocenters. The fraction of sp³-hybridized carbons (Fsp3) is 0.105. The van der Waals surface area contributed by atoms with E-state index in [9.17, 15) is 9.18 Å². The van der Waals surface area contributed by atoms with Crippen LogP contribution in [0.15, 0.2) is 68.9 Å². The molecule has 0 unspecified atom stereocenters. The normalized spacial score (nSPS) is 10.7. The van der Waals surface area contributed by atoms with Crippen LogP contribution < -0.4 is 5.63 Å². The van der Waals surface area contributed by atoms with Crippen molar-refractivity contribution in [2.45, 2.75) is 11.8 Å². The molecule has 0 saturated carbocycles. The fourth-order valence-corrected chi connectivity index (χ4v) is 3.28. The van der Waals surface area contributed by atoms with Gasteiger partial charge in [-0.2, -0.15) is 0 Å². The maximum Gasteiger partial charge on any atom is 0.343 e. The van der Waals surface area contributed by atoms with Crippen molar-refractivity contribution in [1.29, 1.82) is 0 Å². The molecule has 0 spiro atoms. The second-order valence-electron chi connectivity index (χ2n) is 5.19. The fourth-order valence-electron chi connectivity index (χ4n) is 2.59. The van der Waals surface area contributed by atoms with Crippen molar-refractivity contribution < 1.29 is 8.81 Å². The van der Waals surface area contributed by atoms with Gasteiger partial charge in [-0.1, -0.05) is 12.1 Å². The predicted octanol–water partition coefficient (Wildman–Crippen LogP) is 5.14. The Bertz CT molecular complexity index is 915. The van der Waals surface area contributed by atoms with E-state index in [0.29, 0.717) is 5.56 Å². The van der Waals surface area contributed by atoms with E-state index in [1.54, 1.807) is 30.0 Å². The first-order chi connectivity index (χ1) is 11.1. The van der Waals surface area contributed by atoms with E-state index < -0.39 is 0 Å². The van der Waals surface area contributed by atoms with Crippen molar-refractivity contribution in [1.82, 2.24) is 0 Å². The average molecular weight is 326 g/mol. The van der Waals surface area contributed by atoms with Gasteiger partial charge in [0.25, 0.3) is 0 Å². The van der Waals surface area contributed by atoms with E-state index >= 15 is 0 Å². The zero-order valence-corrected chi connectivity index (χ0v) is 13.6. The lowest BCUT2D eigenvalue weighted by Gasteiger charge is -2.13. The van der Waals surface area contributed by atoms with Gasteiger partial charge in [0.05, 0.1) is 11.8 Å². The van der Waals surface area contributed by atoms with E-state index in [0.717, 1.165) is 27.1 Å². The Balaban J connectivity index is 2.26. The highest BCUT2D eigenvalue weighted by molar-refractivity contribution is 7.98. The van der Waals surface area contributed by atoms with E-state index in [1.807, 2.05) is 31.4 Å². The van der Waals surface area contributed by atoms with Crippen LogP contribution in [0.1, 0.15) is 5.56 Å². The molecule has 0 bridgehead atoms. The van der Waals surface area contributed by atoms with Gasteiger partial charge < -0.3 is 4.42 Å². The average Bonchev–Trinajstić information content (AvgIpc) is 2.55. The quantitative estimate of drug-likeness (QED) is 0.624. The maximum atomic E-state index is 13.6. The van der Waals surface area contributed by atoms with Gasteiger partial charge in [-0.25, -0.2) is 9.18 Å². The first kappa shape index (κ1) is 15.6. The number of halogens is 1. The molecule has 3 aromatic rings. The van der Waals surface area contributed by atoms with E-state index in [2.05, 4.69) is 0 Å². The summed E-state index contributed by atoms with van der Waals surface area (Å²) >= 11 is 1.59. The maximum absolute atomic E-state index is 13.6. The number of hydrogen-bond acceptors (Lipinski definition) is 3. The second kappa shape index (κ2) is 6.42. The lowest BCUT2D eigenvalue weighted by Crippen LogP contribution is -2.03. The van der Waals surface area contributed by atoms with Gasteiger partial charge in [-0.3, -0.25) is 0 Å². The molecule has 0 amide bonds. The summed E-state index contributed by atoms with van der Waals surface area (Å²) in [6.45, 7) is 1.96. The van der Waals surface area contributed by atoms with Crippen LogP contribution >= 0.6 is 11.8 Å². The minimum atomic E-state index is -0.377. The number of benzene rings is 2. The van der Waals surface area contributed by atoms with Crippen LogP contribution in [0.4, 0.5) is 4.39 Å². The van der Waals surface area contributed by atoms with Crippen LogP contribution in [0.3, 0.4) is 0 Å². The van der Waals surface area contributed by atoms with Gasteiger partial charge in [0.15, 0.2) is 0 Å². The van der Waals surface area contributed by atoms with Crippen molar-refractivity contribution in [3.63, 3.8) is 0 Å². The molecular formula is C19H15FO2S. The summed E-state index contributed by atoms with van der Waals surface area (Å²) in [7, 11) is 0. The smallest absolute Gasteiger partial charge is 0.343 e. The van der Waals surface area contributed by atoms with Crippen LogP contribution in [-0.4, -0.2) is 6.26 Å². The van der Waals surface area contributed by atoms with Gasteiger partial charge >= 0.3 is 5.63 Å². The minimum absolute atomic E-state index is 0.282. The molecular weight excluding hydrogens is 311 g/mol. The largest absolute Gasteiger partial charge is 0.431 e. The molecule has 0 aliphatic rings. The zero-order chi connectivity index (χ0) is 16.4. The summed E-state index contributed by atoms with van der Waals surface area (Å²) in [5.41, 5.74) is 3.61. The molecule has 0 N–H and O–H groups in total. The molecule has 0 saturated heterocycles. The Morgan fingerprint density at radius 2 is 1.83 bits per heavy atom. The summed E-state index contributed by atoms with van der Waals surface area (Å²) in [5, 5.41) is 0. The third kappa shape index (κ3) is 3.08. The highest BCUT2D eigenvalue weighted by Crippen LogP contribution is 2.36. The lowest BCUT2D eigenvalue weighted by molar-refractivity contribution is 0.513. The summed E-state index contributed by atoms with van der Waals surface area (Å²) < 4.78 is 18.6. The molecule has 2 aromatic carbocycles. The summed E-state index contributed by atoms with van der Waals surface area (Å²) in [5.74, 6) is -0.282. The van der Waals surface area contributed by atoms with E-state index in [-0.39, 0.29) is 11.4 Å². The Hall–Kier alpha value is -2.33. The van der Waals surface area contributed by atoms with Crippen molar-refractivity contribution in [2.75, 3.05) is 6.26 Å². The Labute approximate surface area is 138 Å². The van der Waals surface area contributed by atoms with Crippen molar-refractivity contribution >= 4 is 11.8 Å². The van der Waals surface area contributed by atoms with Gasteiger partial charge in [-0.05, 0) is 71.8 Å². The number of rotatable bonds is 3. The Morgan fingerprint density at radius 3 is 2.52 bits per heavy atom. The highest BCUT2D eigenvalue weighted by atomic mass is 32.2. The number of hydrogen-bond donors (Lipinski definition) is 0. The molecule has 0 aliphatic carbocycles. The lowest BCUT2D eigenvalue weighted by atomic mass is 9.96. The molecule has 3 rings (SSSR count). The number of thioether (sulfide) groups is 1. The molecule has 0 aliphatic heterocycles.